The summed E-state index contributed by atoms with van der Waals surface area (Å²) in [5.41, 5.74) is 1.93. The predicted molar refractivity (Wildman–Crippen MR) is 72.8 cm³/mol. The molecule has 100 valence electrons. The van der Waals surface area contributed by atoms with Crippen LogP contribution in [0.2, 0.25) is 0 Å². The molecule has 1 aromatic rings. The first-order valence-corrected chi connectivity index (χ1v) is 6.91. The van der Waals surface area contributed by atoms with Crippen LogP contribution in [0.3, 0.4) is 0 Å². The van der Waals surface area contributed by atoms with E-state index in [0.717, 1.165) is 36.8 Å². The van der Waals surface area contributed by atoms with Crippen LogP contribution < -0.4 is 5.32 Å². The summed E-state index contributed by atoms with van der Waals surface area (Å²) in [4.78, 5) is 8.75. The zero-order valence-electron chi connectivity index (χ0n) is 11.4. The van der Waals surface area contributed by atoms with Crippen LogP contribution in [0.5, 0.6) is 0 Å². The van der Waals surface area contributed by atoms with Gasteiger partial charge in [-0.1, -0.05) is 0 Å². The smallest absolute Gasteiger partial charge is 0.147 e. The second-order valence-electron chi connectivity index (χ2n) is 5.00. The van der Waals surface area contributed by atoms with Crippen molar-refractivity contribution in [3.8, 4) is 0 Å². The lowest BCUT2D eigenvalue weighted by molar-refractivity contribution is 0.102. The Bertz CT molecular complexity index is 375. The fourth-order valence-corrected chi connectivity index (χ4v) is 2.28. The highest BCUT2D eigenvalue weighted by atomic mass is 16.5. The first kappa shape index (κ1) is 13.3. The molecule has 1 N–H and O–H groups in total. The highest BCUT2D eigenvalue weighted by Crippen LogP contribution is 2.17. The molecule has 0 unspecified atom stereocenters. The lowest BCUT2D eigenvalue weighted by Crippen LogP contribution is -2.09. The summed E-state index contributed by atoms with van der Waals surface area (Å²) in [6, 6.07) is 0. The number of aromatic nitrogens is 2. The first-order chi connectivity index (χ1) is 8.75. The molecule has 1 atom stereocenters. The molecule has 4 nitrogen and oxygen atoms in total. The van der Waals surface area contributed by atoms with Crippen LogP contribution in [-0.2, 0) is 4.74 Å². The third-order valence-electron chi connectivity index (χ3n) is 3.35. The molecule has 0 aliphatic carbocycles. The van der Waals surface area contributed by atoms with E-state index in [0.29, 0.717) is 6.10 Å². The minimum atomic E-state index is 0.519. The second-order valence-corrected chi connectivity index (χ2v) is 5.00. The Hall–Kier alpha value is -1.16. The summed E-state index contributed by atoms with van der Waals surface area (Å²) in [5, 5.41) is 3.36. The zero-order chi connectivity index (χ0) is 12.8. The summed E-state index contributed by atoms with van der Waals surface area (Å²) in [7, 11) is 0. The molecule has 0 radical (unpaired) electrons. The van der Waals surface area contributed by atoms with Crippen LogP contribution in [0.4, 0.5) is 5.82 Å². The normalized spacial score (nSPS) is 19.1. The second kappa shape index (κ2) is 6.69. The summed E-state index contributed by atoms with van der Waals surface area (Å²) in [6.07, 6.45) is 8.38. The summed E-state index contributed by atoms with van der Waals surface area (Å²) < 4.78 is 5.61. The average molecular weight is 249 g/mol. The van der Waals surface area contributed by atoms with Gasteiger partial charge >= 0.3 is 0 Å². The predicted octanol–water partition coefficient (Wildman–Crippen LogP) is 2.85. The summed E-state index contributed by atoms with van der Waals surface area (Å²) in [5.74, 6) is 0.923. The van der Waals surface area contributed by atoms with Crippen LogP contribution in [0, 0.1) is 13.8 Å². The molecule has 1 aliphatic rings. The number of rotatable bonds is 6. The van der Waals surface area contributed by atoms with Crippen molar-refractivity contribution in [2.24, 2.45) is 0 Å². The van der Waals surface area contributed by atoms with Gasteiger partial charge in [0.2, 0.25) is 0 Å². The van der Waals surface area contributed by atoms with E-state index in [1.165, 1.54) is 25.7 Å². The molecule has 1 aromatic heterocycles. The van der Waals surface area contributed by atoms with Crippen LogP contribution in [0.1, 0.15) is 43.5 Å². The Labute approximate surface area is 109 Å². The minimum Gasteiger partial charge on any atom is -0.378 e. The van der Waals surface area contributed by atoms with Gasteiger partial charge in [0.05, 0.1) is 17.5 Å². The Kier molecular flexibility index (Phi) is 4.93. The maximum atomic E-state index is 5.61. The molecule has 1 aliphatic heterocycles. The largest absolute Gasteiger partial charge is 0.378 e. The van der Waals surface area contributed by atoms with Gasteiger partial charge in [0.25, 0.3) is 0 Å². The standard InChI is InChI=1S/C14H23N3O/c1-11-10-16-12(2)14(17-11)15-8-4-3-6-13-7-5-9-18-13/h10,13H,3-9H2,1-2H3,(H,15,17)/t13-/m0/s1. The molecular formula is C14H23N3O. The van der Waals surface area contributed by atoms with E-state index in [-0.39, 0.29) is 0 Å². The first-order valence-electron chi connectivity index (χ1n) is 6.91. The highest BCUT2D eigenvalue weighted by Gasteiger charge is 2.14. The topological polar surface area (TPSA) is 47.0 Å². The van der Waals surface area contributed by atoms with Gasteiger partial charge in [0.1, 0.15) is 5.82 Å². The van der Waals surface area contributed by atoms with Crippen molar-refractivity contribution in [3.05, 3.63) is 17.6 Å². The van der Waals surface area contributed by atoms with Crippen LogP contribution in [-0.4, -0.2) is 29.2 Å². The maximum absolute atomic E-state index is 5.61. The molecule has 0 spiro atoms. The lowest BCUT2D eigenvalue weighted by Gasteiger charge is -2.10. The van der Waals surface area contributed by atoms with Crippen molar-refractivity contribution >= 4 is 5.82 Å². The van der Waals surface area contributed by atoms with Crippen molar-refractivity contribution in [1.82, 2.24) is 9.97 Å². The van der Waals surface area contributed by atoms with E-state index >= 15 is 0 Å². The molecule has 2 rings (SSSR count). The molecule has 0 saturated carbocycles. The maximum Gasteiger partial charge on any atom is 0.147 e. The van der Waals surface area contributed by atoms with Gasteiger partial charge < -0.3 is 10.1 Å². The van der Waals surface area contributed by atoms with Crippen LogP contribution >= 0.6 is 0 Å². The summed E-state index contributed by atoms with van der Waals surface area (Å²) >= 11 is 0. The van der Waals surface area contributed by atoms with E-state index in [9.17, 15) is 0 Å². The van der Waals surface area contributed by atoms with Crippen molar-refractivity contribution < 1.29 is 4.74 Å². The van der Waals surface area contributed by atoms with Crippen LogP contribution in [0.15, 0.2) is 6.20 Å². The van der Waals surface area contributed by atoms with E-state index in [1.54, 1.807) is 6.20 Å². The number of unbranched alkanes of at least 4 members (excludes halogenated alkanes) is 1. The molecule has 18 heavy (non-hydrogen) atoms. The number of hydrogen-bond acceptors (Lipinski definition) is 4. The molecule has 4 heteroatoms. The number of anilines is 1. The highest BCUT2D eigenvalue weighted by molar-refractivity contribution is 5.39. The van der Waals surface area contributed by atoms with E-state index in [4.69, 9.17) is 4.74 Å². The van der Waals surface area contributed by atoms with Crippen LogP contribution in [0.25, 0.3) is 0 Å². The van der Waals surface area contributed by atoms with Crippen molar-refractivity contribution in [1.29, 1.82) is 0 Å². The number of nitrogens with zero attached hydrogens (tertiary/aromatic N) is 2. The molecule has 1 saturated heterocycles. The quantitative estimate of drug-likeness (QED) is 0.787. The van der Waals surface area contributed by atoms with Gasteiger partial charge in [-0.25, -0.2) is 4.98 Å². The molecule has 1 fully saturated rings. The third-order valence-corrected chi connectivity index (χ3v) is 3.35. The number of hydrogen-bond donors (Lipinski definition) is 1. The molecule has 0 amide bonds. The Morgan fingerprint density at radius 1 is 1.39 bits per heavy atom. The van der Waals surface area contributed by atoms with E-state index in [2.05, 4.69) is 15.3 Å². The SMILES string of the molecule is Cc1cnc(C)c(NCCCC[C@H]2CCCO2)n1. The monoisotopic (exact) mass is 249 g/mol. The van der Waals surface area contributed by atoms with Crippen molar-refractivity contribution in [3.63, 3.8) is 0 Å². The Morgan fingerprint density at radius 3 is 3.06 bits per heavy atom. The molecule has 2 heterocycles. The van der Waals surface area contributed by atoms with Gasteiger partial charge in [0, 0.05) is 19.3 Å². The molecular weight excluding hydrogens is 226 g/mol. The minimum absolute atomic E-state index is 0.519. The summed E-state index contributed by atoms with van der Waals surface area (Å²) in [6.45, 7) is 5.88. The zero-order valence-corrected chi connectivity index (χ0v) is 11.4. The van der Waals surface area contributed by atoms with Gasteiger partial charge in [0.15, 0.2) is 0 Å². The third kappa shape index (κ3) is 3.95. The lowest BCUT2D eigenvalue weighted by atomic mass is 10.1. The van der Waals surface area contributed by atoms with Crippen molar-refractivity contribution in [2.45, 2.75) is 52.1 Å². The number of nitrogens with one attached hydrogen (secondary N) is 1. The average Bonchev–Trinajstić information content (AvgIpc) is 2.86. The fraction of sp³-hybridized carbons (Fsp3) is 0.714. The van der Waals surface area contributed by atoms with Gasteiger partial charge in [-0.3, -0.25) is 4.98 Å². The van der Waals surface area contributed by atoms with Crippen molar-refractivity contribution in [2.75, 3.05) is 18.5 Å². The van der Waals surface area contributed by atoms with Gasteiger partial charge in [-0.15, -0.1) is 0 Å². The van der Waals surface area contributed by atoms with Gasteiger partial charge in [-0.05, 0) is 46.0 Å². The number of ether oxygens (including phenoxy) is 1. The van der Waals surface area contributed by atoms with E-state index in [1.807, 2.05) is 13.8 Å². The number of aryl methyl sites for hydroxylation is 2. The Morgan fingerprint density at radius 2 is 2.28 bits per heavy atom. The molecule has 0 bridgehead atoms. The fourth-order valence-electron chi connectivity index (χ4n) is 2.28. The Balaban J connectivity index is 1.64. The molecule has 0 aromatic carbocycles. The van der Waals surface area contributed by atoms with E-state index < -0.39 is 0 Å². The van der Waals surface area contributed by atoms with Gasteiger partial charge in [-0.2, -0.15) is 0 Å².